The van der Waals surface area contributed by atoms with Gasteiger partial charge in [0.05, 0.1) is 11.1 Å². The Morgan fingerprint density at radius 2 is 2.00 bits per heavy atom. The van der Waals surface area contributed by atoms with Crippen molar-refractivity contribution in [2.45, 2.75) is 51.1 Å². The monoisotopic (exact) mass is 409 g/mol. The van der Waals surface area contributed by atoms with Crippen LogP contribution < -0.4 is 5.32 Å². The number of carbonyl (C=O) groups is 1. The zero-order chi connectivity index (χ0) is 21.0. The number of benzene rings is 1. The number of likely N-dealkylation sites (tertiary alicyclic amines) is 1. The molecule has 0 bridgehead atoms. The molecule has 1 aromatic heterocycles. The molecule has 1 aromatic carbocycles. The van der Waals surface area contributed by atoms with Crippen LogP contribution >= 0.6 is 0 Å². The van der Waals surface area contributed by atoms with E-state index in [9.17, 15) is 4.79 Å². The highest BCUT2D eigenvalue weighted by Crippen LogP contribution is 2.49. The molecule has 2 N–H and O–H groups in total. The molecule has 2 aliphatic rings. The number of H-pyrrole nitrogens is 1. The minimum atomic E-state index is -0.134. The average Bonchev–Trinajstić information content (AvgIpc) is 3.34. The molecule has 2 aromatic rings. The summed E-state index contributed by atoms with van der Waals surface area (Å²) in [4.78, 5) is 17.7. The largest absolute Gasteiger partial charge is 0.338 e. The lowest BCUT2D eigenvalue weighted by molar-refractivity contribution is -0.138. The predicted octanol–water partition coefficient (Wildman–Crippen LogP) is 3.14. The van der Waals surface area contributed by atoms with Gasteiger partial charge in [0.15, 0.2) is 0 Å². The van der Waals surface area contributed by atoms with Crippen LogP contribution in [0.15, 0.2) is 36.5 Å². The number of nitrogens with zero attached hydrogens (tertiary/aromatic N) is 3. The Kier molecular flexibility index (Phi) is 6.54. The van der Waals surface area contributed by atoms with Crippen LogP contribution in [0.5, 0.6) is 0 Å². The van der Waals surface area contributed by atoms with E-state index in [1.807, 2.05) is 13.1 Å². The Labute approximate surface area is 180 Å². The summed E-state index contributed by atoms with van der Waals surface area (Å²) in [7, 11) is 4.14. The maximum Gasteiger partial charge on any atom is 0.229 e. The van der Waals surface area contributed by atoms with Crippen LogP contribution in [-0.4, -0.2) is 59.6 Å². The van der Waals surface area contributed by atoms with E-state index in [0.717, 1.165) is 64.8 Å². The number of hydrogen-bond acceptors (Lipinski definition) is 4. The first-order valence-corrected chi connectivity index (χ1v) is 11.3. The lowest BCUT2D eigenvalue weighted by atomic mass is 9.68. The van der Waals surface area contributed by atoms with Crippen molar-refractivity contribution in [2.24, 2.45) is 5.41 Å². The van der Waals surface area contributed by atoms with Crippen LogP contribution in [0.1, 0.15) is 54.8 Å². The maximum atomic E-state index is 13.3. The summed E-state index contributed by atoms with van der Waals surface area (Å²) in [6, 6.07) is 10.4. The average molecular weight is 410 g/mol. The standard InChI is InChI=1S/C24H35N5O/c1-25-13-15-28(2)18-21-16-26-27-22(21)20-8-10-24(11-9-20)12-14-29(23(24)30)17-19-6-4-3-5-7-19/h3-7,16,20,25H,8-15,17-18H2,1-2H3,(H,26,27)/t20-,24-. The fourth-order valence-corrected chi connectivity index (χ4v) is 5.23. The zero-order valence-electron chi connectivity index (χ0n) is 18.4. The van der Waals surface area contributed by atoms with Crippen molar-refractivity contribution in [1.29, 1.82) is 0 Å². The van der Waals surface area contributed by atoms with Crippen LogP contribution in [-0.2, 0) is 17.9 Å². The molecule has 0 unspecified atom stereocenters. The Morgan fingerprint density at radius 1 is 1.23 bits per heavy atom. The number of carbonyl (C=O) groups excluding carboxylic acids is 1. The fraction of sp³-hybridized carbons (Fsp3) is 0.583. The third kappa shape index (κ3) is 4.44. The molecule has 0 atom stereocenters. The molecule has 1 aliphatic heterocycles. The third-order valence-corrected chi connectivity index (χ3v) is 7.08. The second-order valence-electron chi connectivity index (χ2n) is 9.15. The Bertz CT molecular complexity index is 825. The van der Waals surface area contributed by atoms with E-state index in [1.165, 1.54) is 16.8 Å². The van der Waals surface area contributed by atoms with Crippen molar-refractivity contribution in [1.82, 2.24) is 25.3 Å². The quantitative estimate of drug-likeness (QED) is 0.703. The van der Waals surface area contributed by atoms with E-state index in [2.05, 4.69) is 62.8 Å². The van der Waals surface area contributed by atoms with Crippen molar-refractivity contribution in [3.05, 3.63) is 53.3 Å². The normalized spacial score (nSPS) is 24.3. The molecule has 4 rings (SSSR count). The molecular weight excluding hydrogens is 374 g/mol. The SMILES string of the molecule is CNCCN(C)Cc1c[nH]nc1[C@H]1CC[C@@]2(CCN(Cc3ccccc3)C2=O)CC1. The first-order chi connectivity index (χ1) is 14.6. The first kappa shape index (κ1) is 21.1. The van der Waals surface area contributed by atoms with Crippen molar-refractivity contribution in [2.75, 3.05) is 33.7 Å². The van der Waals surface area contributed by atoms with Gasteiger partial charge < -0.3 is 15.1 Å². The molecule has 1 spiro atoms. The fourth-order valence-electron chi connectivity index (χ4n) is 5.23. The first-order valence-electron chi connectivity index (χ1n) is 11.3. The van der Waals surface area contributed by atoms with Crippen LogP contribution in [0.2, 0.25) is 0 Å². The van der Waals surface area contributed by atoms with E-state index in [4.69, 9.17) is 0 Å². The molecule has 0 radical (unpaired) electrons. The van der Waals surface area contributed by atoms with Crippen LogP contribution in [0.3, 0.4) is 0 Å². The van der Waals surface area contributed by atoms with Gasteiger partial charge in [-0.2, -0.15) is 5.10 Å². The smallest absolute Gasteiger partial charge is 0.229 e. The summed E-state index contributed by atoms with van der Waals surface area (Å²) in [5.41, 5.74) is 3.61. The van der Waals surface area contributed by atoms with Gasteiger partial charge in [0.1, 0.15) is 0 Å². The Hall–Kier alpha value is -2.18. The predicted molar refractivity (Wildman–Crippen MR) is 119 cm³/mol. The number of amides is 1. The highest BCUT2D eigenvalue weighted by molar-refractivity contribution is 5.85. The Balaban J connectivity index is 1.35. The molecule has 1 aliphatic carbocycles. The second kappa shape index (κ2) is 9.31. The topological polar surface area (TPSA) is 64.3 Å². The van der Waals surface area contributed by atoms with Crippen molar-refractivity contribution < 1.29 is 4.79 Å². The van der Waals surface area contributed by atoms with E-state index in [0.29, 0.717) is 11.8 Å². The van der Waals surface area contributed by atoms with Crippen molar-refractivity contribution in [3.8, 4) is 0 Å². The highest BCUT2D eigenvalue weighted by Gasteiger charge is 2.48. The summed E-state index contributed by atoms with van der Waals surface area (Å²) in [6.07, 6.45) is 7.16. The molecule has 6 nitrogen and oxygen atoms in total. The molecule has 1 saturated heterocycles. The van der Waals surface area contributed by atoms with Crippen LogP contribution in [0, 0.1) is 5.41 Å². The van der Waals surface area contributed by atoms with E-state index < -0.39 is 0 Å². The van der Waals surface area contributed by atoms with Gasteiger partial charge in [-0.3, -0.25) is 9.89 Å². The van der Waals surface area contributed by atoms with Gasteiger partial charge >= 0.3 is 0 Å². The van der Waals surface area contributed by atoms with Gasteiger partial charge in [0.25, 0.3) is 0 Å². The number of aromatic amines is 1. The molecule has 1 saturated carbocycles. The Morgan fingerprint density at radius 3 is 2.73 bits per heavy atom. The number of nitrogens with one attached hydrogen (secondary N) is 2. The van der Waals surface area contributed by atoms with Gasteiger partial charge in [0.2, 0.25) is 5.91 Å². The lowest BCUT2D eigenvalue weighted by Gasteiger charge is -2.35. The minimum Gasteiger partial charge on any atom is -0.338 e. The second-order valence-corrected chi connectivity index (χ2v) is 9.15. The van der Waals surface area contributed by atoms with E-state index in [-0.39, 0.29) is 5.41 Å². The van der Waals surface area contributed by atoms with Crippen LogP contribution in [0.4, 0.5) is 0 Å². The highest BCUT2D eigenvalue weighted by atomic mass is 16.2. The molecule has 2 heterocycles. The summed E-state index contributed by atoms with van der Waals surface area (Å²) in [6.45, 7) is 4.55. The van der Waals surface area contributed by atoms with Gasteiger partial charge in [0, 0.05) is 50.4 Å². The molecule has 6 heteroatoms. The van der Waals surface area contributed by atoms with Gasteiger partial charge in [-0.15, -0.1) is 0 Å². The molecule has 30 heavy (non-hydrogen) atoms. The van der Waals surface area contributed by atoms with Gasteiger partial charge in [-0.05, 0) is 51.8 Å². The van der Waals surface area contributed by atoms with E-state index in [1.54, 1.807) is 0 Å². The van der Waals surface area contributed by atoms with Crippen molar-refractivity contribution in [3.63, 3.8) is 0 Å². The number of rotatable bonds is 8. The molecular formula is C24H35N5O. The summed E-state index contributed by atoms with van der Waals surface area (Å²) >= 11 is 0. The maximum absolute atomic E-state index is 13.3. The number of likely N-dealkylation sites (N-methyl/N-ethyl adjacent to an activating group) is 2. The van der Waals surface area contributed by atoms with Crippen LogP contribution in [0.25, 0.3) is 0 Å². The summed E-state index contributed by atoms with van der Waals surface area (Å²) in [5, 5.41) is 10.9. The molecule has 1 amide bonds. The minimum absolute atomic E-state index is 0.134. The van der Waals surface area contributed by atoms with Crippen molar-refractivity contribution >= 4 is 5.91 Å². The number of hydrogen-bond donors (Lipinski definition) is 2. The lowest BCUT2D eigenvalue weighted by Crippen LogP contribution is -2.37. The van der Waals surface area contributed by atoms with E-state index >= 15 is 0 Å². The molecule has 2 fully saturated rings. The zero-order valence-corrected chi connectivity index (χ0v) is 18.4. The van der Waals surface area contributed by atoms with Gasteiger partial charge in [-0.1, -0.05) is 30.3 Å². The molecule has 162 valence electrons. The summed E-state index contributed by atoms with van der Waals surface area (Å²) in [5.74, 6) is 0.837. The summed E-state index contributed by atoms with van der Waals surface area (Å²) < 4.78 is 0. The van der Waals surface area contributed by atoms with Gasteiger partial charge in [-0.25, -0.2) is 0 Å². The number of aromatic nitrogens is 2. The third-order valence-electron chi connectivity index (χ3n) is 7.08.